The Labute approximate surface area is 124 Å². The number of benzene rings is 1. The van der Waals surface area contributed by atoms with E-state index in [1.54, 1.807) is 14.0 Å². The van der Waals surface area contributed by atoms with Crippen molar-refractivity contribution in [1.82, 2.24) is 14.8 Å². The van der Waals surface area contributed by atoms with Crippen LogP contribution in [0.3, 0.4) is 0 Å². The number of hydrogen-bond acceptors (Lipinski definition) is 5. The van der Waals surface area contributed by atoms with E-state index in [0.29, 0.717) is 11.0 Å². The van der Waals surface area contributed by atoms with Crippen LogP contribution in [-0.4, -0.2) is 30.9 Å². The van der Waals surface area contributed by atoms with Crippen molar-refractivity contribution >= 4 is 17.5 Å². The summed E-state index contributed by atoms with van der Waals surface area (Å²) < 4.78 is 28.3. The van der Waals surface area contributed by atoms with Crippen molar-refractivity contribution in [2.24, 2.45) is 7.05 Å². The van der Waals surface area contributed by atoms with Crippen molar-refractivity contribution in [2.75, 3.05) is 0 Å². The van der Waals surface area contributed by atoms with Gasteiger partial charge in [-0.1, -0.05) is 11.8 Å². The van der Waals surface area contributed by atoms with Gasteiger partial charge in [-0.05, 0) is 25.1 Å². The fraction of sp³-hybridized carbons (Fsp3) is 0.308. The maximum atomic E-state index is 13.6. The van der Waals surface area contributed by atoms with E-state index in [1.807, 2.05) is 0 Å². The molecule has 5 nitrogen and oxygen atoms in total. The number of rotatable bonds is 5. The highest BCUT2D eigenvalue weighted by Gasteiger charge is 2.22. The van der Waals surface area contributed by atoms with Gasteiger partial charge in [0.25, 0.3) is 0 Å². The Balaban J connectivity index is 2.19. The molecule has 0 aliphatic carbocycles. The monoisotopic (exact) mass is 313 g/mol. The van der Waals surface area contributed by atoms with Crippen LogP contribution in [0.25, 0.3) is 0 Å². The summed E-state index contributed by atoms with van der Waals surface area (Å²) in [4.78, 5) is 12.2. The van der Waals surface area contributed by atoms with Gasteiger partial charge < -0.3 is 9.67 Å². The molecule has 0 aliphatic heterocycles. The van der Waals surface area contributed by atoms with Gasteiger partial charge >= 0.3 is 0 Å². The van der Waals surface area contributed by atoms with Crippen LogP contribution >= 0.6 is 11.8 Å². The number of thioether (sulfide) groups is 1. The van der Waals surface area contributed by atoms with Gasteiger partial charge in [0.1, 0.15) is 18.2 Å². The first-order chi connectivity index (χ1) is 9.93. The molecule has 0 fully saturated rings. The molecule has 1 heterocycles. The lowest BCUT2D eigenvalue weighted by atomic mass is 10.1. The molecule has 0 radical (unpaired) electrons. The average Bonchev–Trinajstić information content (AvgIpc) is 2.81. The van der Waals surface area contributed by atoms with Crippen molar-refractivity contribution in [3.8, 4) is 0 Å². The van der Waals surface area contributed by atoms with Crippen molar-refractivity contribution in [1.29, 1.82) is 0 Å². The molecule has 0 aliphatic rings. The van der Waals surface area contributed by atoms with Crippen molar-refractivity contribution in [3.05, 3.63) is 41.2 Å². The number of aromatic nitrogens is 3. The van der Waals surface area contributed by atoms with Crippen molar-refractivity contribution in [3.63, 3.8) is 0 Å². The number of halogens is 2. The molecule has 1 N–H and O–H groups in total. The summed E-state index contributed by atoms with van der Waals surface area (Å²) in [5.74, 6) is -1.61. The second-order valence-corrected chi connectivity index (χ2v) is 5.67. The molecule has 1 atom stereocenters. The zero-order valence-corrected chi connectivity index (χ0v) is 12.2. The Morgan fingerprint density at radius 1 is 1.43 bits per heavy atom. The summed E-state index contributed by atoms with van der Waals surface area (Å²) in [5.41, 5.74) is -0.292. The van der Waals surface area contributed by atoms with Crippen LogP contribution in [0, 0.1) is 11.6 Å². The molecule has 21 heavy (non-hydrogen) atoms. The number of carbonyl (C=O) groups excluding carboxylic acids is 1. The molecule has 0 bridgehead atoms. The van der Waals surface area contributed by atoms with Crippen LogP contribution < -0.4 is 0 Å². The lowest BCUT2D eigenvalue weighted by Crippen LogP contribution is -2.16. The molecule has 2 aromatic rings. The van der Waals surface area contributed by atoms with Crippen LogP contribution in [-0.2, 0) is 13.7 Å². The molecule has 8 heteroatoms. The zero-order valence-electron chi connectivity index (χ0n) is 11.4. The highest BCUT2D eigenvalue weighted by molar-refractivity contribution is 8.00. The molecule has 1 aromatic carbocycles. The van der Waals surface area contributed by atoms with E-state index < -0.39 is 22.7 Å². The number of Topliss-reactive ketones (excluding diaryl/α,β-unsaturated/α-hetero) is 1. The topological polar surface area (TPSA) is 68.0 Å². The number of nitrogens with zero attached hydrogens (tertiary/aromatic N) is 3. The Hall–Kier alpha value is -1.80. The predicted molar refractivity (Wildman–Crippen MR) is 72.9 cm³/mol. The molecule has 1 aromatic heterocycles. The number of aliphatic hydroxyl groups is 1. The fourth-order valence-corrected chi connectivity index (χ4v) is 2.60. The summed E-state index contributed by atoms with van der Waals surface area (Å²) in [6.07, 6.45) is 0. The Morgan fingerprint density at radius 3 is 2.76 bits per heavy atom. The fourth-order valence-electron chi connectivity index (χ4n) is 1.70. The lowest BCUT2D eigenvalue weighted by Gasteiger charge is -2.10. The molecule has 1 unspecified atom stereocenters. The maximum absolute atomic E-state index is 13.6. The van der Waals surface area contributed by atoms with E-state index in [-0.39, 0.29) is 12.2 Å². The molecule has 0 saturated heterocycles. The molecule has 112 valence electrons. The normalized spacial score (nSPS) is 12.4. The highest BCUT2D eigenvalue weighted by atomic mass is 32.2. The van der Waals surface area contributed by atoms with Gasteiger partial charge in [-0.25, -0.2) is 8.78 Å². The summed E-state index contributed by atoms with van der Waals surface area (Å²) in [7, 11) is 1.65. The van der Waals surface area contributed by atoms with Gasteiger partial charge in [0.2, 0.25) is 0 Å². The Morgan fingerprint density at radius 2 is 2.14 bits per heavy atom. The van der Waals surface area contributed by atoms with E-state index in [4.69, 9.17) is 5.11 Å². The average molecular weight is 313 g/mol. The number of ketones is 1. The number of hydrogen-bond donors (Lipinski definition) is 1. The summed E-state index contributed by atoms with van der Waals surface area (Å²) in [5, 5.41) is 16.4. The van der Waals surface area contributed by atoms with Crippen LogP contribution in [0.1, 0.15) is 23.1 Å². The largest absolute Gasteiger partial charge is 0.388 e. The van der Waals surface area contributed by atoms with Gasteiger partial charge in [0.15, 0.2) is 16.8 Å². The minimum absolute atomic E-state index is 0.273. The third-order valence-electron chi connectivity index (χ3n) is 2.91. The van der Waals surface area contributed by atoms with Crippen LogP contribution in [0.4, 0.5) is 8.78 Å². The third kappa shape index (κ3) is 3.27. The Bertz CT molecular complexity index is 675. The van der Waals surface area contributed by atoms with Crippen LogP contribution in [0.5, 0.6) is 0 Å². The van der Waals surface area contributed by atoms with E-state index in [1.165, 1.54) is 4.57 Å². The Kier molecular flexibility index (Phi) is 4.69. The number of carbonyl (C=O) groups is 1. The van der Waals surface area contributed by atoms with E-state index in [9.17, 15) is 13.6 Å². The molecule has 0 saturated carbocycles. The van der Waals surface area contributed by atoms with Crippen LogP contribution in [0.15, 0.2) is 23.4 Å². The SMILES string of the molecule is CC(Sc1nnc(CO)n1C)C(=O)c1cc(F)ccc1F. The van der Waals surface area contributed by atoms with Gasteiger partial charge in [-0.15, -0.1) is 10.2 Å². The minimum atomic E-state index is -0.761. The molecule has 2 rings (SSSR count). The van der Waals surface area contributed by atoms with E-state index in [2.05, 4.69) is 10.2 Å². The first-order valence-electron chi connectivity index (χ1n) is 6.09. The zero-order chi connectivity index (χ0) is 15.6. The lowest BCUT2D eigenvalue weighted by molar-refractivity contribution is 0.0989. The molecular weight excluding hydrogens is 300 g/mol. The summed E-state index contributed by atoms with van der Waals surface area (Å²) in [6.45, 7) is 1.30. The maximum Gasteiger partial charge on any atom is 0.191 e. The molecular formula is C13H13F2N3O2S. The summed E-state index contributed by atoms with van der Waals surface area (Å²) >= 11 is 1.06. The van der Waals surface area contributed by atoms with Crippen molar-refractivity contribution < 1.29 is 18.7 Å². The quantitative estimate of drug-likeness (QED) is 0.675. The van der Waals surface area contributed by atoms with Gasteiger partial charge in [-0.2, -0.15) is 0 Å². The standard InChI is InChI=1S/C13H13F2N3O2S/c1-7(21-13-17-16-11(6-19)18(13)2)12(20)9-5-8(14)3-4-10(9)15/h3-5,7,19H,6H2,1-2H3. The second kappa shape index (κ2) is 6.31. The highest BCUT2D eigenvalue weighted by Crippen LogP contribution is 2.25. The first kappa shape index (κ1) is 15.6. The summed E-state index contributed by atoms with van der Waals surface area (Å²) in [6, 6.07) is 2.76. The smallest absolute Gasteiger partial charge is 0.191 e. The molecule has 0 spiro atoms. The molecule has 0 amide bonds. The second-order valence-electron chi connectivity index (χ2n) is 4.36. The van der Waals surface area contributed by atoms with Gasteiger partial charge in [-0.3, -0.25) is 4.79 Å². The van der Waals surface area contributed by atoms with Crippen LogP contribution in [0.2, 0.25) is 0 Å². The van der Waals surface area contributed by atoms with Crippen molar-refractivity contribution in [2.45, 2.75) is 23.9 Å². The van der Waals surface area contributed by atoms with Gasteiger partial charge in [0, 0.05) is 7.05 Å². The minimum Gasteiger partial charge on any atom is -0.388 e. The third-order valence-corrected chi connectivity index (χ3v) is 4.05. The number of aliphatic hydroxyl groups excluding tert-OH is 1. The van der Waals surface area contributed by atoms with E-state index >= 15 is 0 Å². The van der Waals surface area contributed by atoms with Gasteiger partial charge in [0.05, 0.1) is 10.8 Å². The van der Waals surface area contributed by atoms with E-state index in [0.717, 1.165) is 30.0 Å². The first-order valence-corrected chi connectivity index (χ1v) is 6.97. The predicted octanol–water partition coefficient (Wildman–Crippen LogP) is 1.95.